The molecule has 1 atom stereocenters. The quantitative estimate of drug-likeness (QED) is 0.646. The number of carboxylic acid groups (broad SMARTS) is 1. The number of unbranched alkanes of at least 4 members (excludes halogenated alkanes) is 1. The molecular weight excluding hydrogens is 308 g/mol. The molecule has 0 spiro atoms. The molecule has 1 heterocycles. The summed E-state index contributed by atoms with van der Waals surface area (Å²) >= 11 is 0. The van der Waals surface area contributed by atoms with Gasteiger partial charge in [-0.1, -0.05) is 31.9 Å². The van der Waals surface area contributed by atoms with Gasteiger partial charge in [0, 0.05) is 12.1 Å². The minimum absolute atomic E-state index is 0.00770. The smallest absolute Gasteiger partial charge is 0.326 e. The first-order valence-corrected chi connectivity index (χ1v) is 8.43. The third-order valence-corrected chi connectivity index (χ3v) is 4.14. The van der Waals surface area contributed by atoms with E-state index in [0.29, 0.717) is 25.7 Å². The monoisotopic (exact) mass is 332 g/mol. The molecular formula is C18H24N2O4. The zero-order valence-electron chi connectivity index (χ0n) is 13.9. The number of anilines is 1. The van der Waals surface area contributed by atoms with Crippen molar-refractivity contribution < 1.29 is 19.5 Å². The predicted octanol–water partition coefficient (Wildman–Crippen LogP) is 2.26. The number of rotatable bonds is 9. The van der Waals surface area contributed by atoms with Gasteiger partial charge in [0.15, 0.2) is 0 Å². The first-order chi connectivity index (χ1) is 11.5. The van der Waals surface area contributed by atoms with E-state index >= 15 is 0 Å². The maximum atomic E-state index is 11.9. The van der Waals surface area contributed by atoms with Gasteiger partial charge in [-0.25, -0.2) is 4.79 Å². The van der Waals surface area contributed by atoms with Gasteiger partial charge < -0.3 is 15.7 Å². The Morgan fingerprint density at radius 1 is 1.33 bits per heavy atom. The second kappa shape index (κ2) is 8.47. The molecule has 2 amide bonds. The molecule has 1 aliphatic rings. The molecule has 0 aliphatic carbocycles. The number of carboxylic acids is 1. The van der Waals surface area contributed by atoms with Gasteiger partial charge in [-0.2, -0.15) is 0 Å². The fraction of sp³-hybridized carbons (Fsp3) is 0.500. The number of hydrogen-bond acceptors (Lipinski definition) is 3. The average Bonchev–Trinajstić information content (AvgIpc) is 2.90. The number of aryl methyl sites for hydroxylation is 1. The number of hydrogen-bond donors (Lipinski definition) is 3. The van der Waals surface area contributed by atoms with E-state index in [1.54, 1.807) is 0 Å². The molecule has 0 radical (unpaired) electrons. The summed E-state index contributed by atoms with van der Waals surface area (Å²) in [5.41, 5.74) is 2.94. The fourth-order valence-corrected chi connectivity index (χ4v) is 2.82. The highest BCUT2D eigenvalue weighted by Gasteiger charge is 2.19. The van der Waals surface area contributed by atoms with Crippen LogP contribution in [0.1, 0.15) is 50.2 Å². The molecule has 0 bridgehead atoms. The Labute approximate surface area is 141 Å². The number of carbonyl (C=O) groups excluding carboxylic acids is 2. The van der Waals surface area contributed by atoms with Crippen molar-refractivity contribution in [1.29, 1.82) is 0 Å². The van der Waals surface area contributed by atoms with Crippen LogP contribution in [-0.2, 0) is 27.2 Å². The highest BCUT2D eigenvalue weighted by Crippen LogP contribution is 2.24. The molecule has 130 valence electrons. The zero-order chi connectivity index (χ0) is 17.5. The Bertz CT molecular complexity index is 627. The largest absolute Gasteiger partial charge is 0.480 e. The van der Waals surface area contributed by atoms with Crippen molar-refractivity contribution in [2.75, 3.05) is 5.32 Å². The van der Waals surface area contributed by atoms with Crippen LogP contribution >= 0.6 is 0 Å². The van der Waals surface area contributed by atoms with Crippen molar-refractivity contribution in [3.8, 4) is 0 Å². The summed E-state index contributed by atoms with van der Waals surface area (Å²) in [7, 11) is 0. The minimum Gasteiger partial charge on any atom is -0.480 e. The van der Waals surface area contributed by atoms with Gasteiger partial charge in [-0.05, 0) is 36.5 Å². The van der Waals surface area contributed by atoms with Crippen LogP contribution in [0.3, 0.4) is 0 Å². The van der Waals surface area contributed by atoms with Crippen molar-refractivity contribution in [2.45, 2.75) is 57.9 Å². The van der Waals surface area contributed by atoms with E-state index in [0.717, 1.165) is 36.1 Å². The summed E-state index contributed by atoms with van der Waals surface area (Å²) in [5.74, 6) is -1.20. The minimum atomic E-state index is -0.979. The van der Waals surface area contributed by atoms with E-state index in [9.17, 15) is 14.4 Å². The van der Waals surface area contributed by atoms with Crippen molar-refractivity contribution in [3.05, 3.63) is 29.3 Å². The summed E-state index contributed by atoms with van der Waals surface area (Å²) in [6.45, 7) is 1.99. The Morgan fingerprint density at radius 2 is 2.12 bits per heavy atom. The first-order valence-electron chi connectivity index (χ1n) is 8.43. The van der Waals surface area contributed by atoms with Crippen LogP contribution in [0.15, 0.2) is 18.2 Å². The van der Waals surface area contributed by atoms with Crippen LogP contribution < -0.4 is 10.6 Å². The van der Waals surface area contributed by atoms with Gasteiger partial charge in [0.2, 0.25) is 11.8 Å². The molecule has 1 aromatic rings. The molecule has 2 rings (SSSR count). The Kier molecular flexibility index (Phi) is 6.35. The van der Waals surface area contributed by atoms with E-state index in [2.05, 4.69) is 10.6 Å². The van der Waals surface area contributed by atoms with Crippen molar-refractivity contribution in [2.24, 2.45) is 0 Å². The van der Waals surface area contributed by atoms with Crippen LogP contribution in [0.4, 0.5) is 5.69 Å². The van der Waals surface area contributed by atoms with E-state index in [-0.39, 0.29) is 11.8 Å². The van der Waals surface area contributed by atoms with Gasteiger partial charge in [0.1, 0.15) is 6.04 Å². The first kappa shape index (κ1) is 18.0. The van der Waals surface area contributed by atoms with Gasteiger partial charge in [0.25, 0.3) is 0 Å². The summed E-state index contributed by atoms with van der Waals surface area (Å²) in [4.78, 5) is 34.4. The maximum Gasteiger partial charge on any atom is 0.326 e. The molecule has 0 saturated carbocycles. The van der Waals surface area contributed by atoms with Crippen molar-refractivity contribution in [3.63, 3.8) is 0 Å². The van der Waals surface area contributed by atoms with Crippen LogP contribution in [-0.4, -0.2) is 28.9 Å². The Hall–Kier alpha value is -2.37. The molecule has 6 nitrogen and oxygen atoms in total. The number of benzene rings is 1. The fourth-order valence-electron chi connectivity index (χ4n) is 2.82. The average molecular weight is 332 g/mol. The van der Waals surface area contributed by atoms with Crippen molar-refractivity contribution in [1.82, 2.24) is 5.32 Å². The predicted molar refractivity (Wildman–Crippen MR) is 90.8 cm³/mol. The third kappa shape index (κ3) is 5.08. The standard InChI is InChI=1S/C18H24N2O4/c1-2-3-6-15(18(23)24)20-16(21)7-4-5-12-8-9-14-13(10-12)11-17(22)19-14/h8-10,15H,2-7,11H2,1H3,(H,19,22)(H,20,21)(H,23,24). The van der Waals surface area contributed by atoms with E-state index in [1.165, 1.54) is 0 Å². The van der Waals surface area contributed by atoms with E-state index in [4.69, 9.17) is 5.11 Å². The number of aliphatic carboxylic acids is 1. The Morgan fingerprint density at radius 3 is 2.83 bits per heavy atom. The van der Waals surface area contributed by atoms with Crippen LogP contribution in [0, 0.1) is 0 Å². The third-order valence-electron chi connectivity index (χ3n) is 4.14. The lowest BCUT2D eigenvalue weighted by Gasteiger charge is -2.14. The van der Waals surface area contributed by atoms with Gasteiger partial charge >= 0.3 is 5.97 Å². The van der Waals surface area contributed by atoms with Crippen LogP contribution in [0.2, 0.25) is 0 Å². The summed E-state index contributed by atoms with van der Waals surface area (Å²) in [5, 5.41) is 14.5. The van der Waals surface area contributed by atoms with Crippen LogP contribution in [0.5, 0.6) is 0 Å². The summed E-state index contributed by atoms with van der Waals surface area (Å²) in [6, 6.07) is 5.03. The number of carbonyl (C=O) groups is 3. The summed E-state index contributed by atoms with van der Waals surface area (Å²) < 4.78 is 0. The normalized spacial score (nSPS) is 14.0. The lowest BCUT2D eigenvalue weighted by Crippen LogP contribution is -2.40. The molecule has 1 aromatic carbocycles. The van der Waals surface area contributed by atoms with Gasteiger partial charge in [-0.3, -0.25) is 9.59 Å². The second-order valence-corrected chi connectivity index (χ2v) is 6.17. The molecule has 3 N–H and O–H groups in total. The number of nitrogens with one attached hydrogen (secondary N) is 2. The molecule has 0 fully saturated rings. The highest BCUT2D eigenvalue weighted by molar-refractivity contribution is 5.99. The topological polar surface area (TPSA) is 95.5 Å². The van der Waals surface area contributed by atoms with Gasteiger partial charge in [0.05, 0.1) is 6.42 Å². The lowest BCUT2D eigenvalue weighted by atomic mass is 10.0. The zero-order valence-corrected chi connectivity index (χ0v) is 13.9. The molecule has 24 heavy (non-hydrogen) atoms. The number of fused-ring (bicyclic) bond motifs is 1. The van der Waals surface area contributed by atoms with Crippen LogP contribution in [0.25, 0.3) is 0 Å². The molecule has 6 heteroatoms. The molecule has 1 aliphatic heterocycles. The van der Waals surface area contributed by atoms with Crippen molar-refractivity contribution >= 4 is 23.5 Å². The lowest BCUT2D eigenvalue weighted by molar-refractivity contribution is -0.142. The Balaban J connectivity index is 1.77. The second-order valence-electron chi connectivity index (χ2n) is 6.17. The van der Waals surface area contributed by atoms with E-state index in [1.807, 2.05) is 25.1 Å². The maximum absolute atomic E-state index is 11.9. The molecule has 0 aromatic heterocycles. The van der Waals surface area contributed by atoms with Gasteiger partial charge in [-0.15, -0.1) is 0 Å². The molecule has 1 unspecified atom stereocenters. The number of amides is 2. The summed E-state index contributed by atoms with van der Waals surface area (Å²) in [6.07, 6.45) is 4.21. The molecule has 0 saturated heterocycles. The highest BCUT2D eigenvalue weighted by atomic mass is 16.4. The SMILES string of the molecule is CCCCC(NC(=O)CCCc1ccc2c(c1)CC(=O)N2)C(=O)O. The van der Waals surface area contributed by atoms with E-state index < -0.39 is 12.0 Å².